The molecule has 1 aromatic heterocycles. The lowest BCUT2D eigenvalue weighted by molar-refractivity contribution is 0.579. The van der Waals surface area contributed by atoms with E-state index >= 15 is 0 Å². The number of aromatic amines is 1. The molecule has 0 bridgehead atoms. The Bertz CT molecular complexity index is 621. The van der Waals surface area contributed by atoms with Gasteiger partial charge >= 0.3 is 0 Å². The molecule has 7 heteroatoms. The smallest absolute Gasteiger partial charge is 0.240 e. The van der Waals surface area contributed by atoms with E-state index in [9.17, 15) is 8.42 Å². The van der Waals surface area contributed by atoms with Crippen LogP contribution in [0.2, 0.25) is 0 Å². The molecule has 20 heavy (non-hydrogen) atoms. The van der Waals surface area contributed by atoms with Gasteiger partial charge < -0.3 is 10.3 Å². The first kappa shape index (κ1) is 14.7. The molecule has 0 unspecified atom stereocenters. The van der Waals surface area contributed by atoms with Crippen LogP contribution in [-0.2, 0) is 23.1 Å². The monoisotopic (exact) mass is 294 g/mol. The lowest BCUT2D eigenvalue weighted by Gasteiger charge is -2.07. The van der Waals surface area contributed by atoms with Gasteiger partial charge in [0.1, 0.15) is 5.82 Å². The van der Waals surface area contributed by atoms with Crippen LogP contribution in [0.25, 0.3) is 0 Å². The molecule has 2 aromatic rings. The van der Waals surface area contributed by atoms with Gasteiger partial charge in [0.25, 0.3) is 0 Å². The molecular weight excluding hydrogens is 276 g/mol. The highest BCUT2D eigenvalue weighted by atomic mass is 32.2. The normalized spacial score (nSPS) is 11.7. The predicted octanol–water partition coefficient (Wildman–Crippen LogP) is 0.998. The maximum Gasteiger partial charge on any atom is 0.240 e. The van der Waals surface area contributed by atoms with Gasteiger partial charge in [0.2, 0.25) is 10.0 Å². The van der Waals surface area contributed by atoms with Crippen molar-refractivity contribution < 1.29 is 8.42 Å². The fraction of sp³-hybridized carbons (Fsp3) is 0.308. The van der Waals surface area contributed by atoms with Gasteiger partial charge in [-0.1, -0.05) is 19.1 Å². The molecule has 2 rings (SSSR count). The summed E-state index contributed by atoms with van der Waals surface area (Å²) in [6, 6.07) is 6.84. The molecular formula is C13H18N4O2S. The topological polar surface area (TPSA) is 86.9 Å². The Kier molecular flexibility index (Phi) is 4.89. The average Bonchev–Trinajstić information content (AvgIpc) is 2.97. The zero-order chi connectivity index (χ0) is 14.4. The fourth-order valence-electron chi connectivity index (χ4n) is 1.70. The first-order chi connectivity index (χ1) is 9.62. The molecule has 0 saturated carbocycles. The van der Waals surface area contributed by atoms with E-state index in [4.69, 9.17) is 0 Å². The number of benzene rings is 1. The third-order valence-electron chi connectivity index (χ3n) is 2.80. The van der Waals surface area contributed by atoms with E-state index in [0.717, 1.165) is 18.7 Å². The predicted molar refractivity (Wildman–Crippen MR) is 76.4 cm³/mol. The Morgan fingerprint density at radius 2 is 1.95 bits per heavy atom. The van der Waals surface area contributed by atoms with Crippen molar-refractivity contribution in [3.63, 3.8) is 0 Å². The van der Waals surface area contributed by atoms with Gasteiger partial charge in [-0.3, -0.25) is 0 Å². The molecule has 0 radical (unpaired) electrons. The lowest BCUT2D eigenvalue weighted by Crippen LogP contribution is -2.23. The molecule has 0 saturated heterocycles. The second-order valence-electron chi connectivity index (χ2n) is 4.28. The van der Waals surface area contributed by atoms with Crippen LogP contribution >= 0.6 is 0 Å². The Morgan fingerprint density at radius 3 is 2.55 bits per heavy atom. The number of aromatic nitrogens is 2. The van der Waals surface area contributed by atoms with E-state index in [-0.39, 0.29) is 11.4 Å². The Hall–Kier alpha value is -1.70. The summed E-state index contributed by atoms with van der Waals surface area (Å²) in [6.45, 7) is 3.78. The molecule has 3 N–H and O–H groups in total. The minimum absolute atomic E-state index is 0.147. The number of hydrogen-bond acceptors (Lipinski definition) is 4. The molecule has 0 aliphatic carbocycles. The summed E-state index contributed by atoms with van der Waals surface area (Å²) in [5.74, 6) is 0.581. The van der Waals surface area contributed by atoms with Gasteiger partial charge in [0, 0.05) is 18.9 Å². The van der Waals surface area contributed by atoms with Crippen molar-refractivity contribution >= 4 is 10.0 Å². The van der Waals surface area contributed by atoms with Gasteiger partial charge in [-0.15, -0.1) is 0 Å². The SMILES string of the molecule is CCNCc1ccc(S(=O)(=O)NCc2ncc[nH]2)cc1. The first-order valence-electron chi connectivity index (χ1n) is 6.39. The maximum atomic E-state index is 12.1. The fourth-order valence-corrected chi connectivity index (χ4v) is 2.68. The Morgan fingerprint density at radius 1 is 1.20 bits per heavy atom. The molecule has 0 amide bonds. The molecule has 6 nitrogen and oxygen atoms in total. The minimum atomic E-state index is -3.50. The second-order valence-corrected chi connectivity index (χ2v) is 6.05. The molecule has 0 atom stereocenters. The Labute approximate surface area is 118 Å². The van der Waals surface area contributed by atoms with Gasteiger partial charge in [0.05, 0.1) is 11.4 Å². The third kappa shape index (κ3) is 3.89. The van der Waals surface area contributed by atoms with Gasteiger partial charge in [-0.2, -0.15) is 0 Å². The quantitative estimate of drug-likeness (QED) is 0.711. The van der Waals surface area contributed by atoms with E-state index in [2.05, 4.69) is 20.0 Å². The van der Waals surface area contributed by atoms with Crippen molar-refractivity contribution in [3.05, 3.63) is 48.0 Å². The zero-order valence-corrected chi connectivity index (χ0v) is 12.1. The highest BCUT2D eigenvalue weighted by Crippen LogP contribution is 2.10. The first-order valence-corrected chi connectivity index (χ1v) is 7.87. The summed E-state index contributed by atoms with van der Waals surface area (Å²) in [5, 5.41) is 3.19. The number of sulfonamides is 1. The van der Waals surface area contributed by atoms with Crippen molar-refractivity contribution in [1.82, 2.24) is 20.0 Å². The van der Waals surface area contributed by atoms with Crippen LogP contribution in [0.5, 0.6) is 0 Å². The second kappa shape index (κ2) is 6.65. The largest absolute Gasteiger partial charge is 0.347 e. The zero-order valence-electron chi connectivity index (χ0n) is 11.3. The van der Waals surface area contributed by atoms with Crippen molar-refractivity contribution in [1.29, 1.82) is 0 Å². The maximum absolute atomic E-state index is 12.1. The van der Waals surface area contributed by atoms with Crippen LogP contribution in [0.1, 0.15) is 18.3 Å². The van der Waals surface area contributed by atoms with E-state index in [1.165, 1.54) is 0 Å². The van der Waals surface area contributed by atoms with Crippen molar-refractivity contribution in [2.45, 2.75) is 24.9 Å². The summed E-state index contributed by atoms with van der Waals surface area (Å²) in [7, 11) is -3.50. The summed E-state index contributed by atoms with van der Waals surface area (Å²) in [6.07, 6.45) is 3.23. The highest BCUT2D eigenvalue weighted by Gasteiger charge is 2.13. The third-order valence-corrected chi connectivity index (χ3v) is 4.21. The van der Waals surface area contributed by atoms with Gasteiger partial charge in [0.15, 0.2) is 0 Å². The Balaban J connectivity index is 2.01. The molecule has 108 valence electrons. The van der Waals surface area contributed by atoms with Crippen LogP contribution in [0.3, 0.4) is 0 Å². The van der Waals surface area contributed by atoms with Crippen LogP contribution in [0.15, 0.2) is 41.6 Å². The number of nitrogens with zero attached hydrogens (tertiary/aromatic N) is 1. The standard InChI is InChI=1S/C13H18N4O2S/c1-2-14-9-11-3-5-12(6-4-11)20(18,19)17-10-13-15-7-8-16-13/h3-8,14,17H,2,9-10H2,1H3,(H,15,16). The average molecular weight is 294 g/mol. The van der Waals surface area contributed by atoms with Crippen molar-refractivity contribution in [3.8, 4) is 0 Å². The van der Waals surface area contributed by atoms with Crippen LogP contribution in [-0.4, -0.2) is 24.9 Å². The number of hydrogen-bond donors (Lipinski definition) is 3. The van der Waals surface area contributed by atoms with E-state index in [1.807, 2.05) is 19.1 Å². The van der Waals surface area contributed by atoms with Gasteiger partial charge in [-0.25, -0.2) is 18.1 Å². The molecule has 0 fully saturated rings. The van der Waals surface area contributed by atoms with Crippen molar-refractivity contribution in [2.75, 3.05) is 6.54 Å². The van der Waals surface area contributed by atoms with Crippen LogP contribution in [0.4, 0.5) is 0 Å². The van der Waals surface area contributed by atoms with Gasteiger partial charge in [-0.05, 0) is 24.2 Å². The van der Waals surface area contributed by atoms with Crippen LogP contribution < -0.4 is 10.0 Å². The van der Waals surface area contributed by atoms with E-state index < -0.39 is 10.0 Å². The molecule has 0 aliphatic rings. The minimum Gasteiger partial charge on any atom is -0.347 e. The molecule has 1 aromatic carbocycles. The molecule has 0 aliphatic heterocycles. The summed E-state index contributed by atoms with van der Waals surface area (Å²) in [4.78, 5) is 7.07. The number of rotatable bonds is 7. The summed E-state index contributed by atoms with van der Waals surface area (Å²) in [5.41, 5.74) is 1.05. The number of nitrogens with one attached hydrogen (secondary N) is 3. The van der Waals surface area contributed by atoms with Crippen LogP contribution in [0, 0.1) is 0 Å². The van der Waals surface area contributed by atoms with E-state index in [1.54, 1.807) is 24.5 Å². The highest BCUT2D eigenvalue weighted by molar-refractivity contribution is 7.89. The summed E-state index contributed by atoms with van der Waals surface area (Å²) >= 11 is 0. The summed E-state index contributed by atoms with van der Waals surface area (Å²) < 4.78 is 26.7. The van der Waals surface area contributed by atoms with E-state index in [0.29, 0.717) is 5.82 Å². The lowest BCUT2D eigenvalue weighted by atomic mass is 10.2. The molecule has 0 spiro atoms. The molecule has 1 heterocycles. The number of H-pyrrole nitrogens is 1. The number of imidazole rings is 1. The van der Waals surface area contributed by atoms with Crippen molar-refractivity contribution in [2.24, 2.45) is 0 Å².